The maximum absolute atomic E-state index is 6.18. The molecule has 0 heterocycles. The van der Waals surface area contributed by atoms with E-state index < -0.39 is 0 Å². The van der Waals surface area contributed by atoms with Gasteiger partial charge in [-0.15, -0.1) is 11.8 Å². The summed E-state index contributed by atoms with van der Waals surface area (Å²) >= 11 is 13.9. The Labute approximate surface area is 133 Å². The van der Waals surface area contributed by atoms with Crippen LogP contribution in [0.4, 0.5) is 0 Å². The van der Waals surface area contributed by atoms with Crippen LogP contribution in [0.1, 0.15) is 5.56 Å². The monoisotopic (exact) mass is 326 g/mol. The molecule has 2 nitrogen and oxygen atoms in total. The van der Waals surface area contributed by atoms with Gasteiger partial charge in [-0.2, -0.15) is 0 Å². The number of halogens is 2. The fraction of sp³-hybridized carbons (Fsp3) is 0.200. The molecule has 3 N–H and O–H groups in total. The molecule has 0 aromatic heterocycles. The van der Waals surface area contributed by atoms with Gasteiger partial charge in [0, 0.05) is 26.7 Å². The normalized spacial score (nSPS) is 12.3. The van der Waals surface area contributed by atoms with Gasteiger partial charge in [0.15, 0.2) is 0 Å². The van der Waals surface area contributed by atoms with E-state index in [1.807, 2.05) is 30.3 Å². The second-order valence-corrected chi connectivity index (χ2v) is 6.36. The molecule has 20 heavy (non-hydrogen) atoms. The van der Waals surface area contributed by atoms with Gasteiger partial charge in [-0.25, -0.2) is 0 Å². The van der Waals surface area contributed by atoms with Gasteiger partial charge in [0.05, 0.1) is 0 Å². The Balaban J connectivity index is 1.97. The van der Waals surface area contributed by atoms with Crippen molar-refractivity contribution in [1.29, 1.82) is 0 Å². The van der Waals surface area contributed by atoms with Crippen LogP contribution < -0.4 is 11.3 Å². The smallest absolute Gasteiger partial charge is 0.0439 e. The van der Waals surface area contributed by atoms with Crippen LogP contribution in [0.5, 0.6) is 0 Å². The third kappa shape index (κ3) is 4.69. The van der Waals surface area contributed by atoms with Crippen molar-refractivity contribution >= 4 is 35.0 Å². The number of nitrogens with two attached hydrogens (primary N) is 1. The largest absolute Gasteiger partial charge is 0.271 e. The second-order valence-electron chi connectivity index (χ2n) is 4.43. The minimum absolute atomic E-state index is 0.135. The molecule has 0 aliphatic rings. The minimum atomic E-state index is 0.135. The highest BCUT2D eigenvalue weighted by Crippen LogP contribution is 2.24. The molecule has 5 heteroatoms. The summed E-state index contributed by atoms with van der Waals surface area (Å²) < 4.78 is 0. The molecule has 0 amide bonds. The Bertz CT molecular complexity index is 549. The van der Waals surface area contributed by atoms with Crippen molar-refractivity contribution in [2.45, 2.75) is 17.4 Å². The highest BCUT2D eigenvalue weighted by atomic mass is 35.5. The zero-order valence-corrected chi connectivity index (χ0v) is 13.2. The van der Waals surface area contributed by atoms with Crippen LogP contribution in [0.3, 0.4) is 0 Å². The van der Waals surface area contributed by atoms with Gasteiger partial charge in [-0.05, 0) is 42.3 Å². The van der Waals surface area contributed by atoms with Crippen molar-refractivity contribution in [2.24, 2.45) is 5.84 Å². The molecule has 1 unspecified atom stereocenters. The van der Waals surface area contributed by atoms with Crippen LogP contribution in [0.25, 0.3) is 0 Å². The van der Waals surface area contributed by atoms with Gasteiger partial charge in [0.2, 0.25) is 0 Å². The van der Waals surface area contributed by atoms with Gasteiger partial charge < -0.3 is 0 Å². The second kappa shape index (κ2) is 7.91. The molecule has 1 atom stereocenters. The Kier molecular flexibility index (Phi) is 6.20. The zero-order valence-electron chi connectivity index (χ0n) is 10.9. The molecule has 106 valence electrons. The molecular formula is C15H16Cl2N2S. The Hall–Kier alpha value is -0.710. The first kappa shape index (κ1) is 15.7. The molecule has 0 aliphatic carbocycles. The summed E-state index contributed by atoms with van der Waals surface area (Å²) in [7, 11) is 0. The van der Waals surface area contributed by atoms with E-state index in [-0.39, 0.29) is 6.04 Å². The van der Waals surface area contributed by atoms with Gasteiger partial charge in [-0.3, -0.25) is 11.3 Å². The summed E-state index contributed by atoms with van der Waals surface area (Å²) in [6.07, 6.45) is 0.746. The van der Waals surface area contributed by atoms with Gasteiger partial charge in [0.1, 0.15) is 0 Å². The zero-order chi connectivity index (χ0) is 14.4. The van der Waals surface area contributed by atoms with Gasteiger partial charge in [-0.1, -0.05) is 41.4 Å². The first-order valence-electron chi connectivity index (χ1n) is 6.27. The van der Waals surface area contributed by atoms with Gasteiger partial charge in [0.25, 0.3) is 0 Å². The van der Waals surface area contributed by atoms with Crippen LogP contribution in [0.2, 0.25) is 10.0 Å². The van der Waals surface area contributed by atoms with Crippen molar-refractivity contribution in [1.82, 2.24) is 5.43 Å². The maximum Gasteiger partial charge on any atom is 0.0439 e. The number of nitrogens with one attached hydrogen (secondary N) is 1. The van der Waals surface area contributed by atoms with E-state index in [2.05, 4.69) is 17.6 Å². The van der Waals surface area contributed by atoms with Crippen molar-refractivity contribution in [3.8, 4) is 0 Å². The lowest BCUT2D eigenvalue weighted by Crippen LogP contribution is -2.38. The molecule has 0 bridgehead atoms. The van der Waals surface area contributed by atoms with E-state index in [1.165, 1.54) is 4.90 Å². The standard InChI is InChI=1S/C15H16Cl2N2S/c16-12-6-7-15(17)11(8-12)9-13(19-18)10-20-14-4-2-1-3-5-14/h1-8,13,19H,9-10,18H2. The molecule has 0 aliphatic heterocycles. The average Bonchev–Trinajstić information content (AvgIpc) is 2.48. The third-order valence-electron chi connectivity index (χ3n) is 2.90. The van der Waals surface area contributed by atoms with E-state index >= 15 is 0 Å². The molecule has 0 radical (unpaired) electrons. The molecule has 2 aromatic rings. The number of hydrogen-bond acceptors (Lipinski definition) is 3. The SMILES string of the molecule is NNC(CSc1ccccc1)Cc1cc(Cl)ccc1Cl. The number of thioether (sulfide) groups is 1. The quantitative estimate of drug-likeness (QED) is 0.475. The van der Waals surface area contributed by atoms with E-state index in [1.54, 1.807) is 17.8 Å². The predicted molar refractivity (Wildman–Crippen MR) is 88.4 cm³/mol. The summed E-state index contributed by atoms with van der Waals surface area (Å²) in [5.74, 6) is 6.50. The van der Waals surface area contributed by atoms with Crippen molar-refractivity contribution < 1.29 is 0 Å². The Morgan fingerprint density at radius 2 is 1.85 bits per heavy atom. The van der Waals surface area contributed by atoms with Crippen LogP contribution in [0.15, 0.2) is 53.4 Å². The molecule has 0 saturated heterocycles. The first-order valence-corrected chi connectivity index (χ1v) is 8.01. The number of hydrazine groups is 1. The fourth-order valence-electron chi connectivity index (χ4n) is 1.84. The Morgan fingerprint density at radius 3 is 2.55 bits per heavy atom. The summed E-state index contributed by atoms with van der Waals surface area (Å²) in [4.78, 5) is 1.23. The van der Waals surface area contributed by atoms with Crippen LogP contribution in [-0.2, 0) is 6.42 Å². The number of benzene rings is 2. The summed E-state index contributed by atoms with van der Waals surface area (Å²) in [6, 6.07) is 15.9. The molecule has 2 rings (SSSR count). The van der Waals surface area contributed by atoms with Crippen molar-refractivity contribution in [2.75, 3.05) is 5.75 Å². The summed E-state index contributed by atoms with van der Waals surface area (Å²) in [6.45, 7) is 0. The molecule has 0 saturated carbocycles. The van der Waals surface area contributed by atoms with E-state index in [4.69, 9.17) is 29.0 Å². The first-order chi connectivity index (χ1) is 9.69. The van der Waals surface area contributed by atoms with E-state index in [0.717, 1.165) is 22.8 Å². The topological polar surface area (TPSA) is 38.0 Å². The predicted octanol–water partition coefficient (Wildman–Crippen LogP) is 4.16. The summed E-state index contributed by atoms with van der Waals surface area (Å²) in [5.41, 5.74) is 3.85. The van der Waals surface area contributed by atoms with E-state index in [0.29, 0.717) is 5.02 Å². The Morgan fingerprint density at radius 1 is 1.10 bits per heavy atom. The lowest BCUT2D eigenvalue weighted by molar-refractivity contribution is 0.575. The van der Waals surface area contributed by atoms with Crippen molar-refractivity contribution in [3.63, 3.8) is 0 Å². The molecule has 2 aromatic carbocycles. The van der Waals surface area contributed by atoms with Crippen LogP contribution in [-0.4, -0.2) is 11.8 Å². The van der Waals surface area contributed by atoms with Crippen LogP contribution >= 0.6 is 35.0 Å². The number of rotatable bonds is 6. The molecule has 0 fully saturated rings. The van der Waals surface area contributed by atoms with E-state index in [9.17, 15) is 0 Å². The van der Waals surface area contributed by atoms with Gasteiger partial charge >= 0.3 is 0 Å². The fourth-order valence-corrected chi connectivity index (χ4v) is 3.19. The van der Waals surface area contributed by atoms with Crippen molar-refractivity contribution in [3.05, 3.63) is 64.1 Å². The number of hydrogen-bond donors (Lipinski definition) is 2. The molecule has 0 spiro atoms. The molecular weight excluding hydrogens is 311 g/mol. The lowest BCUT2D eigenvalue weighted by Gasteiger charge is -2.16. The minimum Gasteiger partial charge on any atom is -0.271 e. The summed E-state index contributed by atoms with van der Waals surface area (Å²) in [5, 5.41) is 1.41. The highest BCUT2D eigenvalue weighted by Gasteiger charge is 2.11. The average molecular weight is 327 g/mol. The lowest BCUT2D eigenvalue weighted by atomic mass is 10.1. The maximum atomic E-state index is 6.18. The highest BCUT2D eigenvalue weighted by molar-refractivity contribution is 7.99. The van der Waals surface area contributed by atoms with Crippen LogP contribution in [0, 0.1) is 0 Å². The third-order valence-corrected chi connectivity index (χ3v) is 4.68.